The molecule has 1 atom stereocenters. The summed E-state index contributed by atoms with van der Waals surface area (Å²) in [5.74, 6) is 1.39. The van der Waals surface area contributed by atoms with Crippen molar-refractivity contribution in [1.29, 1.82) is 0 Å². The number of morpholine rings is 1. The third-order valence-corrected chi connectivity index (χ3v) is 7.73. The normalized spacial score (nSPS) is 28.2. The highest BCUT2D eigenvalue weighted by atomic mass is 16.5. The lowest BCUT2D eigenvalue weighted by Crippen LogP contribution is -2.43. The Labute approximate surface area is 186 Å². The second-order valence-corrected chi connectivity index (χ2v) is 9.81. The molecule has 0 bridgehead atoms. The molecule has 0 aromatic carbocycles. The molecule has 4 saturated heterocycles. The van der Waals surface area contributed by atoms with Gasteiger partial charge in [-0.2, -0.15) is 0 Å². The van der Waals surface area contributed by atoms with Gasteiger partial charge in [-0.05, 0) is 50.4 Å². The molecule has 7 heteroatoms. The molecule has 170 valence electrons. The number of carbonyl (C=O) groups excluding carboxylic acids is 1. The monoisotopic (exact) mass is 427 g/mol. The van der Waals surface area contributed by atoms with E-state index in [0.717, 1.165) is 84.2 Å². The fourth-order valence-corrected chi connectivity index (χ4v) is 5.71. The van der Waals surface area contributed by atoms with Crippen molar-refractivity contribution in [2.24, 2.45) is 5.41 Å². The van der Waals surface area contributed by atoms with E-state index in [1.165, 1.54) is 37.9 Å². The molecular formula is C24H37N5O2. The largest absolute Gasteiger partial charge is 0.379 e. The summed E-state index contributed by atoms with van der Waals surface area (Å²) in [6.07, 6.45) is 7.99. The van der Waals surface area contributed by atoms with Crippen LogP contribution in [-0.2, 0) is 16.1 Å². The molecule has 7 nitrogen and oxygen atoms in total. The van der Waals surface area contributed by atoms with E-state index in [9.17, 15) is 4.79 Å². The Morgan fingerprint density at radius 3 is 2.48 bits per heavy atom. The van der Waals surface area contributed by atoms with E-state index in [2.05, 4.69) is 31.7 Å². The molecule has 4 fully saturated rings. The third-order valence-electron chi connectivity index (χ3n) is 7.73. The predicted molar refractivity (Wildman–Crippen MR) is 121 cm³/mol. The molecule has 1 aromatic rings. The number of likely N-dealkylation sites (tertiary alicyclic amines) is 2. The molecule has 0 saturated carbocycles. The van der Waals surface area contributed by atoms with Gasteiger partial charge in [-0.1, -0.05) is 12.5 Å². The summed E-state index contributed by atoms with van der Waals surface area (Å²) < 4.78 is 5.43. The van der Waals surface area contributed by atoms with Gasteiger partial charge in [0.25, 0.3) is 0 Å². The van der Waals surface area contributed by atoms with E-state index >= 15 is 0 Å². The minimum Gasteiger partial charge on any atom is -0.379 e. The van der Waals surface area contributed by atoms with Crippen LogP contribution in [0.2, 0.25) is 0 Å². The van der Waals surface area contributed by atoms with E-state index in [0.29, 0.717) is 5.91 Å². The van der Waals surface area contributed by atoms with E-state index in [4.69, 9.17) is 9.72 Å². The molecule has 31 heavy (non-hydrogen) atoms. The molecule has 5 rings (SSSR count). The van der Waals surface area contributed by atoms with E-state index in [-0.39, 0.29) is 5.41 Å². The van der Waals surface area contributed by atoms with Crippen molar-refractivity contribution < 1.29 is 9.53 Å². The van der Waals surface area contributed by atoms with E-state index < -0.39 is 0 Å². The number of amides is 1. The Morgan fingerprint density at radius 1 is 0.903 bits per heavy atom. The lowest BCUT2D eigenvalue weighted by molar-refractivity contribution is -0.135. The summed E-state index contributed by atoms with van der Waals surface area (Å²) in [6.45, 7) is 11.5. The van der Waals surface area contributed by atoms with Crippen molar-refractivity contribution in [3.8, 4) is 0 Å². The fraction of sp³-hybridized carbons (Fsp3) is 0.750. The minimum absolute atomic E-state index is 0.195. The number of ether oxygens (including phenoxy) is 1. The quantitative estimate of drug-likeness (QED) is 0.691. The minimum atomic E-state index is -0.195. The molecule has 5 heterocycles. The molecule has 1 aromatic heterocycles. The summed E-state index contributed by atoms with van der Waals surface area (Å²) in [7, 11) is 0. The maximum absolute atomic E-state index is 13.3. The highest BCUT2D eigenvalue weighted by molar-refractivity contribution is 5.86. The highest BCUT2D eigenvalue weighted by Crippen LogP contribution is 2.41. The number of aromatic nitrogens is 1. The Morgan fingerprint density at radius 2 is 1.71 bits per heavy atom. The SMILES string of the molecule is O=C1N(CCN2CCOCC2)CCC12CCN(c1ccc(CN3CCCCC3)cn1)C2. The standard InChI is InChI=1S/C24H37N5O2/c30-23-24(6-10-28(23)13-12-26-14-16-31-17-15-26)7-11-29(20-24)22-5-4-21(18-25-22)19-27-8-2-1-3-9-27/h4-5,18H,1-3,6-17,19-20H2. The van der Waals surface area contributed by atoms with Crippen LogP contribution in [0.5, 0.6) is 0 Å². The summed E-state index contributed by atoms with van der Waals surface area (Å²) in [5, 5.41) is 0. The second kappa shape index (κ2) is 9.43. The number of nitrogens with zero attached hydrogens (tertiary/aromatic N) is 5. The Kier molecular flexibility index (Phi) is 6.44. The number of pyridine rings is 1. The molecule has 1 amide bonds. The van der Waals surface area contributed by atoms with Crippen molar-refractivity contribution in [2.45, 2.75) is 38.6 Å². The van der Waals surface area contributed by atoms with Crippen molar-refractivity contribution >= 4 is 11.7 Å². The molecule has 0 N–H and O–H groups in total. The number of carbonyl (C=O) groups is 1. The van der Waals surface area contributed by atoms with Crippen LogP contribution in [0.15, 0.2) is 18.3 Å². The maximum Gasteiger partial charge on any atom is 0.230 e. The van der Waals surface area contributed by atoms with Crippen LogP contribution in [0.4, 0.5) is 5.82 Å². The van der Waals surface area contributed by atoms with E-state index in [1.807, 2.05) is 6.20 Å². The first kappa shape index (κ1) is 21.2. The molecule has 0 aliphatic carbocycles. The van der Waals surface area contributed by atoms with Gasteiger partial charge in [-0.3, -0.25) is 14.6 Å². The average molecular weight is 428 g/mol. The summed E-state index contributed by atoms with van der Waals surface area (Å²) in [4.78, 5) is 27.4. The Bertz CT molecular complexity index is 745. The van der Waals surface area contributed by atoms with Crippen LogP contribution in [0, 0.1) is 5.41 Å². The van der Waals surface area contributed by atoms with Gasteiger partial charge in [-0.15, -0.1) is 0 Å². The number of rotatable bonds is 6. The van der Waals surface area contributed by atoms with Gasteiger partial charge in [0.1, 0.15) is 5.82 Å². The molecule has 4 aliphatic heterocycles. The average Bonchev–Trinajstić information content (AvgIpc) is 3.39. The lowest BCUT2D eigenvalue weighted by atomic mass is 9.85. The summed E-state index contributed by atoms with van der Waals surface area (Å²) in [5.41, 5.74) is 1.10. The summed E-state index contributed by atoms with van der Waals surface area (Å²) >= 11 is 0. The Balaban J connectivity index is 1.14. The zero-order valence-corrected chi connectivity index (χ0v) is 18.8. The molecule has 4 aliphatic rings. The summed E-state index contributed by atoms with van der Waals surface area (Å²) in [6, 6.07) is 4.39. The second-order valence-electron chi connectivity index (χ2n) is 9.81. The number of piperidine rings is 1. The van der Waals surface area contributed by atoms with Crippen molar-refractivity contribution in [3.05, 3.63) is 23.9 Å². The molecule has 0 radical (unpaired) electrons. The zero-order valence-electron chi connectivity index (χ0n) is 18.8. The maximum atomic E-state index is 13.3. The topological polar surface area (TPSA) is 52.2 Å². The van der Waals surface area contributed by atoms with Gasteiger partial charge >= 0.3 is 0 Å². The van der Waals surface area contributed by atoms with Crippen molar-refractivity contribution in [1.82, 2.24) is 19.7 Å². The molecule has 1 unspecified atom stereocenters. The number of hydrogen-bond acceptors (Lipinski definition) is 6. The van der Waals surface area contributed by atoms with Gasteiger partial charge in [0.2, 0.25) is 5.91 Å². The zero-order chi connectivity index (χ0) is 21.1. The van der Waals surface area contributed by atoms with Gasteiger partial charge in [0, 0.05) is 58.6 Å². The number of hydrogen-bond donors (Lipinski definition) is 0. The first-order valence-electron chi connectivity index (χ1n) is 12.2. The molecule has 1 spiro atoms. The van der Waals surface area contributed by atoms with E-state index in [1.54, 1.807) is 0 Å². The number of anilines is 1. The third kappa shape index (κ3) is 4.73. The van der Waals surface area contributed by atoms with Crippen LogP contribution in [-0.4, -0.2) is 97.7 Å². The lowest BCUT2D eigenvalue weighted by Gasteiger charge is -2.29. The first-order chi connectivity index (χ1) is 15.2. The van der Waals surface area contributed by atoms with Crippen LogP contribution < -0.4 is 4.90 Å². The van der Waals surface area contributed by atoms with Gasteiger partial charge in [0.05, 0.1) is 18.6 Å². The van der Waals surface area contributed by atoms with Crippen molar-refractivity contribution in [2.75, 3.05) is 77.0 Å². The van der Waals surface area contributed by atoms with Crippen molar-refractivity contribution in [3.63, 3.8) is 0 Å². The van der Waals surface area contributed by atoms with Crippen LogP contribution in [0.3, 0.4) is 0 Å². The van der Waals surface area contributed by atoms with Gasteiger partial charge in [0.15, 0.2) is 0 Å². The van der Waals surface area contributed by atoms with Gasteiger partial charge in [-0.25, -0.2) is 4.98 Å². The highest BCUT2D eigenvalue weighted by Gasteiger charge is 2.50. The van der Waals surface area contributed by atoms with Crippen LogP contribution in [0.1, 0.15) is 37.7 Å². The Hall–Kier alpha value is -1.70. The van der Waals surface area contributed by atoms with Crippen LogP contribution in [0.25, 0.3) is 0 Å². The first-order valence-corrected chi connectivity index (χ1v) is 12.2. The fourth-order valence-electron chi connectivity index (χ4n) is 5.71. The smallest absolute Gasteiger partial charge is 0.230 e. The van der Waals surface area contributed by atoms with Crippen LogP contribution >= 0.6 is 0 Å². The predicted octanol–water partition coefficient (Wildman–Crippen LogP) is 1.83. The van der Waals surface area contributed by atoms with Gasteiger partial charge < -0.3 is 14.5 Å². The molecular weight excluding hydrogens is 390 g/mol.